The summed E-state index contributed by atoms with van der Waals surface area (Å²) in [7, 11) is -0.968. The predicted octanol–water partition coefficient (Wildman–Crippen LogP) is 1.16. The van der Waals surface area contributed by atoms with Crippen LogP contribution in [0.1, 0.15) is 15.9 Å². The Bertz CT molecular complexity index is 561. The van der Waals surface area contributed by atoms with Crippen LogP contribution in [0.3, 0.4) is 0 Å². The number of aldehydes is 1. The molecule has 0 saturated heterocycles. The first kappa shape index (κ1) is 14.3. The average molecular weight is 274 g/mol. The molecule has 0 aromatic heterocycles. The van der Waals surface area contributed by atoms with Crippen molar-refractivity contribution in [2.24, 2.45) is 0 Å². The topological polar surface area (TPSA) is 78.9 Å². The van der Waals surface area contributed by atoms with Crippen LogP contribution >= 0.6 is 0 Å². The van der Waals surface area contributed by atoms with Gasteiger partial charge in [-0.05, 0) is 13.0 Å². The first-order valence-corrected chi connectivity index (χ1v) is 6.76. The summed E-state index contributed by atoms with van der Waals surface area (Å²) in [6.07, 6.45) is 1.37. The molecule has 0 radical (unpaired) electrons. The van der Waals surface area contributed by atoms with Crippen molar-refractivity contribution in [2.45, 2.75) is 6.92 Å². The molecule has 0 N–H and O–H groups in total. The molecule has 0 aliphatic heterocycles. The van der Waals surface area contributed by atoms with E-state index in [4.69, 9.17) is 13.7 Å². The largest absolute Gasteiger partial charge is 0.496 e. The highest BCUT2D eigenvalue weighted by atomic mass is 32.2. The van der Waals surface area contributed by atoms with Crippen molar-refractivity contribution in [3.63, 3.8) is 0 Å². The van der Waals surface area contributed by atoms with Crippen LogP contribution in [0.25, 0.3) is 0 Å². The minimum atomic E-state index is -3.76. The fraction of sp³-hybridized carbons (Fsp3) is 0.364. The molecule has 100 valence electrons. The normalized spacial score (nSPS) is 10.9. The van der Waals surface area contributed by atoms with E-state index >= 15 is 0 Å². The van der Waals surface area contributed by atoms with Crippen LogP contribution < -0.4 is 13.7 Å². The van der Waals surface area contributed by atoms with Gasteiger partial charge in [-0.15, -0.1) is 0 Å². The Morgan fingerprint density at radius 3 is 2.17 bits per heavy atom. The lowest BCUT2D eigenvalue weighted by atomic mass is 10.1. The minimum Gasteiger partial charge on any atom is -0.496 e. The summed E-state index contributed by atoms with van der Waals surface area (Å²) in [5, 5.41) is 0. The van der Waals surface area contributed by atoms with Crippen molar-refractivity contribution in [1.29, 1.82) is 0 Å². The van der Waals surface area contributed by atoms with Crippen LogP contribution in [0.4, 0.5) is 0 Å². The van der Waals surface area contributed by atoms with E-state index in [1.54, 1.807) is 6.92 Å². The number of carbonyl (C=O) groups is 1. The molecule has 0 aliphatic carbocycles. The molecular weight excluding hydrogens is 260 g/mol. The standard InChI is InChI=1S/C11H14O6S/c1-7-9(15-2)5-8(6-12)11(10(7)16-3)17-18(4,13)14/h5-6H,1-4H3. The van der Waals surface area contributed by atoms with Gasteiger partial charge in [0, 0.05) is 5.56 Å². The van der Waals surface area contributed by atoms with Crippen molar-refractivity contribution >= 4 is 16.4 Å². The molecule has 0 unspecified atom stereocenters. The van der Waals surface area contributed by atoms with Crippen LogP contribution in [0.2, 0.25) is 0 Å². The van der Waals surface area contributed by atoms with Gasteiger partial charge in [-0.2, -0.15) is 8.42 Å². The Labute approximate surface area is 106 Å². The van der Waals surface area contributed by atoms with E-state index in [-0.39, 0.29) is 17.1 Å². The highest BCUT2D eigenvalue weighted by Gasteiger charge is 2.21. The molecule has 1 aromatic carbocycles. The number of carbonyl (C=O) groups excluding carboxylic acids is 1. The lowest BCUT2D eigenvalue weighted by molar-refractivity contribution is 0.112. The lowest BCUT2D eigenvalue weighted by Crippen LogP contribution is -2.10. The molecule has 0 heterocycles. The summed E-state index contributed by atoms with van der Waals surface area (Å²) in [6, 6.07) is 1.39. The second-order valence-electron chi connectivity index (χ2n) is 3.56. The number of methoxy groups -OCH3 is 2. The zero-order valence-corrected chi connectivity index (χ0v) is 11.3. The van der Waals surface area contributed by atoms with Gasteiger partial charge in [0.05, 0.1) is 26.0 Å². The van der Waals surface area contributed by atoms with Crippen LogP contribution in [-0.2, 0) is 10.1 Å². The minimum absolute atomic E-state index is 0.0414. The third-order valence-corrected chi connectivity index (χ3v) is 2.72. The number of hydrogen-bond donors (Lipinski definition) is 0. The fourth-order valence-electron chi connectivity index (χ4n) is 1.51. The maximum atomic E-state index is 11.2. The van der Waals surface area contributed by atoms with Crippen LogP contribution in [0.15, 0.2) is 6.07 Å². The van der Waals surface area contributed by atoms with Crippen molar-refractivity contribution in [3.8, 4) is 17.2 Å². The molecular formula is C11H14O6S. The summed E-state index contributed by atoms with van der Waals surface area (Å²) >= 11 is 0. The number of rotatable bonds is 5. The summed E-state index contributed by atoms with van der Waals surface area (Å²) in [5.74, 6) is 0.435. The summed E-state index contributed by atoms with van der Waals surface area (Å²) in [5.41, 5.74) is 0.587. The van der Waals surface area contributed by atoms with Crippen molar-refractivity contribution in [2.75, 3.05) is 20.5 Å². The molecule has 0 aliphatic rings. The second-order valence-corrected chi connectivity index (χ2v) is 5.14. The van der Waals surface area contributed by atoms with Gasteiger partial charge >= 0.3 is 10.1 Å². The smallest absolute Gasteiger partial charge is 0.306 e. The molecule has 1 rings (SSSR count). The van der Waals surface area contributed by atoms with Gasteiger partial charge in [-0.25, -0.2) is 0 Å². The fourth-order valence-corrected chi connectivity index (χ4v) is 1.99. The molecule has 0 atom stereocenters. The monoisotopic (exact) mass is 274 g/mol. The summed E-state index contributed by atoms with van der Waals surface area (Å²) in [4.78, 5) is 11.0. The Kier molecular flexibility index (Phi) is 4.18. The zero-order valence-electron chi connectivity index (χ0n) is 10.5. The van der Waals surface area contributed by atoms with Crippen LogP contribution in [0.5, 0.6) is 17.2 Å². The first-order valence-electron chi connectivity index (χ1n) is 4.94. The van der Waals surface area contributed by atoms with Gasteiger partial charge in [-0.1, -0.05) is 0 Å². The van der Waals surface area contributed by atoms with Gasteiger partial charge in [0.15, 0.2) is 17.8 Å². The molecule has 1 aromatic rings. The van der Waals surface area contributed by atoms with Crippen LogP contribution in [-0.4, -0.2) is 35.2 Å². The highest BCUT2D eigenvalue weighted by molar-refractivity contribution is 7.86. The quantitative estimate of drug-likeness (QED) is 0.592. The molecule has 7 heteroatoms. The van der Waals surface area contributed by atoms with Gasteiger partial charge < -0.3 is 13.7 Å². The average Bonchev–Trinajstić information content (AvgIpc) is 2.28. The van der Waals surface area contributed by atoms with Gasteiger partial charge in [0.1, 0.15) is 5.75 Å². The number of hydrogen-bond acceptors (Lipinski definition) is 6. The van der Waals surface area contributed by atoms with Gasteiger partial charge in [0.2, 0.25) is 0 Å². The third-order valence-electron chi connectivity index (χ3n) is 2.25. The van der Waals surface area contributed by atoms with E-state index in [1.807, 2.05) is 0 Å². The zero-order chi connectivity index (χ0) is 13.9. The molecule has 6 nitrogen and oxygen atoms in total. The van der Waals surface area contributed by atoms with Gasteiger partial charge in [0.25, 0.3) is 0 Å². The van der Waals surface area contributed by atoms with Gasteiger partial charge in [-0.3, -0.25) is 4.79 Å². The van der Waals surface area contributed by atoms with E-state index in [0.29, 0.717) is 17.6 Å². The van der Waals surface area contributed by atoms with E-state index < -0.39 is 10.1 Å². The lowest BCUT2D eigenvalue weighted by Gasteiger charge is -2.15. The molecule has 0 spiro atoms. The molecule has 0 saturated carbocycles. The van der Waals surface area contributed by atoms with Crippen molar-refractivity contribution in [3.05, 3.63) is 17.2 Å². The summed E-state index contributed by atoms with van der Waals surface area (Å²) in [6.45, 7) is 1.67. The Hall–Kier alpha value is -1.76. The Balaban J connectivity index is 3.56. The molecule has 18 heavy (non-hydrogen) atoms. The summed E-state index contributed by atoms with van der Waals surface area (Å²) < 4.78 is 37.3. The maximum Gasteiger partial charge on any atom is 0.306 e. The number of ether oxygens (including phenoxy) is 2. The second kappa shape index (κ2) is 5.26. The van der Waals surface area contributed by atoms with E-state index in [2.05, 4.69) is 0 Å². The van der Waals surface area contributed by atoms with E-state index in [1.165, 1.54) is 20.3 Å². The Morgan fingerprint density at radius 1 is 1.17 bits per heavy atom. The molecule has 0 fully saturated rings. The third kappa shape index (κ3) is 2.92. The Morgan fingerprint density at radius 2 is 1.78 bits per heavy atom. The predicted molar refractivity (Wildman–Crippen MR) is 65.1 cm³/mol. The number of benzene rings is 1. The van der Waals surface area contributed by atoms with E-state index in [0.717, 1.165) is 6.26 Å². The maximum absolute atomic E-state index is 11.2. The highest BCUT2D eigenvalue weighted by Crippen LogP contribution is 2.40. The van der Waals surface area contributed by atoms with Crippen molar-refractivity contribution < 1.29 is 26.9 Å². The van der Waals surface area contributed by atoms with Crippen molar-refractivity contribution in [1.82, 2.24) is 0 Å². The molecule has 0 bridgehead atoms. The first-order chi connectivity index (χ1) is 8.34. The van der Waals surface area contributed by atoms with Crippen LogP contribution in [0, 0.1) is 6.92 Å². The van der Waals surface area contributed by atoms with E-state index in [9.17, 15) is 13.2 Å². The molecule has 0 amide bonds. The SMILES string of the molecule is COc1cc(C=O)c(OS(C)(=O)=O)c(OC)c1C.